The number of fused-ring (bicyclic) bond motifs is 3. The van der Waals surface area contributed by atoms with Gasteiger partial charge in [0.2, 0.25) is 5.91 Å². The first-order valence-electron chi connectivity index (χ1n) is 6.03. The summed E-state index contributed by atoms with van der Waals surface area (Å²) in [7, 11) is 0. The second-order valence-corrected chi connectivity index (χ2v) is 4.93. The van der Waals surface area contributed by atoms with Crippen molar-refractivity contribution in [2.24, 2.45) is 5.92 Å². The van der Waals surface area contributed by atoms with Gasteiger partial charge in [-0.1, -0.05) is 6.92 Å². The zero-order chi connectivity index (χ0) is 12.9. The Hall–Kier alpha value is -2.04. The minimum atomic E-state index is -0.946. The molecule has 2 unspecified atom stereocenters. The van der Waals surface area contributed by atoms with E-state index in [9.17, 15) is 9.59 Å². The predicted octanol–water partition coefficient (Wildman–Crippen LogP) is 1.55. The van der Waals surface area contributed by atoms with E-state index < -0.39 is 5.97 Å². The first-order valence-corrected chi connectivity index (χ1v) is 6.03. The number of benzene rings is 1. The van der Waals surface area contributed by atoms with Crippen LogP contribution in [-0.2, 0) is 4.79 Å². The van der Waals surface area contributed by atoms with Crippen LogP contribution in [0.2, 0.25) is 0 Å². The predicted molar refractivity (Wildman–Crippen MR) is 66.9 cm³/mol. The Kier molecular flexibility index (Phi) is 2.29. The molecule has 18 heavy (non-hydrogen) atoms. The summed E-state index contributed by atoms with van der Waals surface area (Å²) in [5.41, 5.74) is 1.78. The Morgan fingerprint density at radius 3 is 3.00 bits per heavy atom. The smallest absolute Gasteiger partial charge is 0.335 e. The average molecular weight is 246 g/mol. The van der Waals surface area contributed by atoms with Crippen molar-refractivity contribution in [2.75, 3.05) is 16.8 Å². The van der Waals surface area contributed by atoms with Crippen molar-refractivity contribution in [3.8, 4) is 0 Å². The quantitative estimate of drug-likeness (QED) is 0.788. The molecule has 0 aliphatic carbocycles. The minimum Gasteiger partial charge on any atom is -0.478 e. The van der Waals surface area contributed by atoms with Gasteiger partial charge in [-0.05, 0) is 30.5 Å². The first-order chi connectivity index (χ1) is 8.58. The molecule has 2 atom stereocenters. The second kappa shape index (κ2) is 3.73. The van der Waals surface area contributed by atoms with E-state index in [0.717, 1.165) is 18.7 Å². The molecule has 1 fully saturated rings. The number of rotatable bonds is 1. The molecule has 3 rings (SSSR count). The minimum absolute atomic E-state index is 0.00979. The van der Waals surface area contributed by atoms with Crippen LogP contribution in [0, 0.1) is 5.92 Å². The van der Waals surface area contributed by atoms with Gasteiger partial charge in [-0.15, -0.1) is 0 Å². The van der Waals surface area contributed by atoms with Gasteiger partial charge in [0.1, 0.15) is 6.04 Å². The van der Waals surface area contributed by atoms with Gasteiger partial charge in [0.05, 0.1) is 16.9 Å². The summed E-state index contributed by atoms with van der Waals surface area (Å²) in [4.78, 5) is 25.0. The molecule has 1 saturated heterocycles. The number of hydrogen-bond donors (Lipinski definition) is 2. The van der Waals surface area contributed by atoms with Crippen molar-refractivity contribution in [1.82, 2.24) is 0 Å². The topological polar surface area (TPSA) is 69.6 Å². The summed E-state index contributed by atoms with van der Waals surface area (Å²) >= 11 is 0. The van der Waals surface area contributed by atoms with Crippen molar-refractivity contribution in [2.45, 2.75) is 19.4 Å². The highest BCUT2D eigenvalue weighted by Gasteiger charge is 2.41. The first kappa shape index (κ1) is 11.1. The normalized spacial score (nSPS) is 25.4. The van der Waals surface area contributed by atoms with Gasteiger partial charge in [0.25, 0.3) is 0 Å². The Balaban J connectivity index is 2.09. The number of aromatic carboxylic acids is 1. The summed E-state index contributed by atoms with van der Waals surface area (Å²) in [6.07, 6.45) is 0.953. The van der Waals surface area contributed by atoms with Gasteiger partial charge in [-0.3, -0.25) is 4.79 Å². The molecule has 0 radical (unpaired) electrons. The second-order valence-electron chi connectivity index (χ2n) is 4.93. The van der Waals surface area contributed by atoms with E-state index in [0.29, 0.717) is 11.6 Å². The molecule has 0 spiro atoms. The van der Waals surface area contributed by atoms with Crippen LogP contribution < -0.4 is 10.2 Å². The lowest BCUT2D eigenvalue weighted by atomic mass is 9.99. The molecule has 0 saturated carbocycles. The fourth-order valence-electron chi connectivity index (χ4n) is 2.83. The number of anilines is 2. The number of hydrogen-bond acceptors (Lipinski definition) is 3. The van der Waals surface area contributed by atoms with Crippen molar-refractivity contribution in [1.29, 1.82) is 0 Å². The molecule has 1 aromatic carbocycles. The number of carboxylic acid groups (broad SMARTS) is 1. The van der Waals surface area contributed by atoms with E-state index >= 15 is 0 Å². The average Bonchev–Trinajstić information content (AvgIpc) is 2.72. The summed E-state index contributed by atoms with van der Waals surface area (Å²) in [5.74, 6) is -0.638. The summed E-state index contributed by atoms with van der Waals surface area (Å²) in [6, 6.07) is 4.65. The lowest BCUT2D eigenvalue weighted by molar-refractivity contribution is -0.118. The fraction of sp³-hybridized carbons (Fsp3) is 0.385. The maximum absolute atomic E-state index is 12.0. The lowest BCUT2D eigenvalue weighted by Gasteiger charge is -2.34. The third-order valence-corrected chi connectivity index (χ3v) is 3.78. The Labute approximate surface area is 104 Å². The molecule has 2 heterocycles. The summed E-state index contributed by atoms with van der Waals surface area (Å²) in [5, 5.41) is 11.9. The number of carbonyl (C=O) groups excluding carboxylic acids is 1. The molecule has 2 aliphatic heterocycles. The van der Waals surface area contributed by atoms with E-state index in [2.05, 4.69) is 12.2 Å². The number of amides is 1. The van der Waals surface area contributed by atoms with Gasteiger partial charge in [0.15, 0.2) is 0 Å². The van der Waals surface area contributed by atoms with Crippen LogP contribution in [0.5, 0.6) is 0 Å². The number of nitrogens with one attached hydrogen (secondary N) is 1. The summed E-state index contributed by atoms with van der Waals surface area (Å²) < 4.78 is 0. The Morgan fingerprint density at radius 2 is 2.28 bits per heavy atom. The van der Waals surface area contributed by atoms with Gasteiger partial charge in [0, 0.05) is 6.54 Å². The van der Waals surface area contributed by atoms with E-state index in [1.54, 1.807) is 12.1 Å². The Morgan fingerprint density at radius 1 is 1.50 bits per heavy atom. The standard InChI is InChI=1S/C13H14N2O3/c1-7-4-5-15-10-6-8(13(17)18)2-3-9(10)14-12(16)11(7)15/h2-3,6-7,11H,4-5H2,1H3,(H,14,16)(H,17,18). The third kappa shape index (κ3) is 1.47. The number of carbonyl (C=O) groups is 2. The molecular weight excluding hydrogens is 232 g/mol. The molecule has 2 N–H and O–H groups in total. The molecule has 0 aromatic heterocycles. The van der Waals surface area contributed by atoms with Gasteiger partial charge >= 0.3 is 5.97 Å². The molecular formula is C13H14N2O3. The molecule has 0 bridgehead atoms. The third-order valence-electron chi connectivity index (χ3n) is 3.78. The van der Waals surface area contributed by atoms with E-state index in [4.69, 9.17) is 5.11 Å². The van der Waals surface area contributed by atoms with Gasteiger partial charge < -0.3 is 15.3 Å². The van der Waals surface area contributed by atoms with E-state index in [1.807, 2.05) is 4.90 Å². The highest BCUT2D eigenvalue weighted by molar-refractivity contribution is 6.05. The number of carboxylic acids is 1. The zero-order valence-electron chi connectivity index (χ0n) is 10.0. The number of nitrogens with zero attached hydrogens (tertiary/aromatic N) is 1. The highest BCUT2D eigenvalue weighted by atomic mass is 16.4. The molecule has 1 amide bonds. The van der Waals surface area contributed by atoms with Crippen molar-refractivity contribution >= 4 is 23.3 Å². The van der Waals surface area contributed by atoms with Crippen LogP contribution in [0.15, 0.2) is 18.2 Å². The van der Waals surface area contributed by atoms with Gasteiger partial charge in [-0.25, -0.2) is 4.79 Å². The van der Waals surface area contributed by atoms with Crippen LogP contribution in [0.25, 0.3) is 0 Å². The van der Waals surface area contributed by atoms with Crippen molar-refractivity contribution in [3.05, 3.63) is 23.8 Å². The van der Waals surface area contributed by atoms with E-state index in [1.165, 1.54) is 6.07 Å². The monoisotopic (exact) mass is 246 g/mol. The van der Waals surface area contributed by atoms with Crippen LogP contribution >= 0.6 is 0 Å². The van der Waals surface area contributed by atoms with Crippen LogP contribution in [-0.4, -0.2) is 29.6 Å². The van der Waals surface area contributed by atoms with Crippen LogP contribution in [0.1, 0.15) is 23.7 Å². The lowest BCUT2D eigenvalue weighted by Crippen LogP contribution is -2.46. The molecule has 5 heteroatoms. The maximum atomic E-state index is 12.0. The molecule has 94 valence electrons. The SMILES string of the molecule is CC1CCN2c3cc(C(=O)O)ccc3NC(=O)C12. The fourth-order valence-corrected chi connectivity index (χ4v) is 2.83. The Bertz CT molecular complexity index is 541. The molecule has 1 aromatic rings. The van der Waals surface area contributed by atoms with Crippen molar-refractivity contribution < 1.29 is 14.7 Å². The van der Waals surface area contributed by atoms with Crippen molar-refractivity contribution in [3.63, 3.8) is 0 Å². The summed E-state index contributed by atoms with van der Waals surface area (Å²) in [6.45, 7) is 2.85. The van der Waals surface area contributed by atoms with Gasteiger partial charge in [-0.2, -0.15) is 0 Å². The maximum Gasteiger partial charge on any atom is 0.335 e. The highest BCUT2D eigenvalue weighted by Crippen LogP contribution is 2.39. The molecule has 2 aliphatic rings. The molecule has 5 nitrogen and oxygen atoms in total. The van der Waals surface area contributed by atoms with Crippen LogP contribution in [0.4, 0.5) is 11.4 Å². The van der Waals surface area contributed by atoms with Crippen LogP contribution in [0.3, 0.4) is 0 Å². The zero-order valence-corrected chi connectivity index (χ0v) is 10.0. The van der Waals surface area contributed by atoms with E-state index in [-0.39, 0.29) is 17.5 Å². The largest absolute Gasteiger partial charge is 0.478 e.